The summed E-state index contributed by atoms with van der Waals surface area (Å²) in [5.74, 6) is 1.22. The summed E-state index contributed by atoms with van der Waals surface area (Å²) in [7, 11) is 3.20. The Morgan fingerprint density at radius 2 is 1.90 bits per heavy atom. The van der Waals surface area contributed by atoms with Crippen LogP contribution in [-0.2, 0) is 13.1 Å². The van der Waals surface area contributed by atoms with Crippen molar-refractivity contribution in [3.05, 3.63) is 52.5 Å². The summed E-state index contributed by atoms with van der Waals surface area (Å²) in [6, 6.07) is 12.0. The van der Waals surface area contributed by atoms with Crippen LogP contribution >= 0.6 is 11.6 Å². The average molecular weight is 421 g/mol. The number of aromatic hydroxyl groups is 1. The van der Waals surface area contributed by atoms with Gasteiger partial charge in [0.05, 0.1) is 19.2 Å². The van der Waals surface area contributed by atoms with E-state index in [-0.39, 0.29) is 18.4 Å². The van der Waals surface area contributed by atoms with E-state index in [4.69, 9.17) is 21.1 Å². The SMILES string of the molecule is COc1cccc(CN2CCN(Cc3cc(Cl)c(O)c(OC)c3)C[C@@H]2CCO)c1. The molecule has 0 radical (unpaired) electrons. The van der Waals surface area contributed by atoms with E-state index in [2.05, 4.69) is 21.9 Å². The van der Waals surface area contributed by atoms with Crippen LogP contribution in [0.15, 0.2) is 36.4 Å². The van der Waals surface area contributed by atoms with Gasteiger partial charge in [-0.15, -0.1) is 0 Å². The predicted octanol–water partition coefficient (Wildman–Crippen LogP) is 3.13. The van der Waals surface area contributed by atoms with Crippen molar-refractivity contribution in [2.24, 2.45) is 0 Å². The summed E-state index contributed by atoms with van der Waals surface area (Å²) < 4.78 is 10.5. The number of nitrogens with zero attached hydrogens (tertiary/aromatic N) is 2. The standard InChI is InChI=1S/C22H29ClN2O4/c1-28-19-5-3-4-16(10-19)14-25-8-7-24(15-18(25)6-9-26)13-17-11-20(23)22(27)21(12-17)29-2/h3-5,10-12,18,26-27H,6-9,13-15H2,1-2H3/t18-/m0/s1. The molecule has 1 aliphatic heterocycles. The van der Waals surface area contributed by atoms with Crippen LogP contribution in [0.2, 0.25) is 5.02 Å². The van der Waals surface area contributed by atoms with Crippen molar-refractivity contribution in [1.82, 2.24) is 9.80 Å². The summed E-state index contributed by atoms with van der Waals surface area (Å²) >= 11 is 6.13. The summed E-state index contributed by atoms with van der Waals surface area (Å²) in [5, 5.41) is 19.8. The fraction of sp³-hybridized carbons (Fsp3) is 0.455. The van der Waals surface area contributed by atoms with E-state index in [1.165, 1.54) is 12.7 Å². The van der Waals surface area contributed by atoms with E-state index < -0.39 is 0 Å². The van der Waals surface area contributed by atoms with Crippen LogP contribution in [0.4, 0.5) is 0 Å². The van der Waals surface area contributed by atoms with Gasteiger partial charge in [-0.1, -0.05) is 23.7 Å². The van der Waals surface area contributed by atoms with Crippen molar-refractivity contribution >= 4 is 11.6 Å². The van der Waals surface area contributed by atoms with Gasteiger partial charge >= 0.3 is 0 Å². The number of piperazine rings is 1. The molecule has 3 rings (SSSR count). The topological polar surface area (TPSA) is 65.4 Å². The third-order valence-corrected chi connectivity index (χ3v) is 5.67. The molecule has 0 amide bonds. The van der Waals surface area contributed by atoms with Crippen molar-refractivity contribution in [3.63, 3.8) is 0 Å². The van der Waals surface area contributed by atoms with Gasteiger partial charge < -0.3 is 19.7 Å². The Kier molecular flexibility index (Phi) is 7.61. The summed E-state index contributed by atoms with van der Waals surface area (Å²) in [6.45, 7) is 4.37. The van der Waals surface area contributed by atoms with E-state index in [0.29, 0.717) is 17.3 Å². The van der Waals surface area contributed by atoms with Gasteiger partial charge in [-0.25, -0.2) is 0 Å². The van der Waals surface area contributed by atoms with Gasteiger partial charge in [0, 0.05) is 45.4 Å². The number of hydrogen-bond donors (Lipinski definition) is 2. The molecule has 1 aliphatic rings. The Morgan fingerprint density at radius 3 is 2.62 bits per heavy atom. The largest absolute Gasteiger partial charge is 0.503 e. The number of ether oxygens (including phenoxy) is 2. The van der Waals surface area contributed by atoms with Gasteiger partial charge in [-0.2, -0.15) is 0 Å². The number of methoxy groups -OCH3 is 2. The van der Waals surface area contributed by atoms with Crippen molar-refractivity contribution in [2.75, 3.05) is 40.5 Å². The van der Waals surface area contributed by atoms with E-state index in [1.54, 1.807) is 13.2 Å². The number of hydrogen-bond acceptors (Lipinski definition) is 6. The number of rotatable bonds is 8. The zero-order chi connectivity index (χ0) is 20.8. The molecule has 1 saturated heterocycles. The molecule has 0 saturated carbocycles. The van der Waals surface area contributed by atoms with Gasteiger partial charge in [0.1, 0.15) is 5.75 Å². The first-order chi connectivity index (χ1) is 14.0. The number of halogens is 1. The van der Waals surface area contributed by atoms with Crippen LogP contribution in [0.25, 0.3) is 0 Å². The lowest BCUT2D eigenvalue weighted by Crippen LogP contribution is -2.52. The van der Waals surface area contributed by atoms with Crippen LogP contribution in [0, 0.1) is 0 Å². The molecule has 1 fully saturated rings. The quantitative estimate of drug-likeness (QED) is 0.684. The smallest absolute Gasteiger partial charge is 0.176 e. The maximum absolute atomic E-state index is 9.94. The highest BCUT2D eigenvalue weighted by Gasteiger charge is 2.27. The van der Waals surface area contributed by atoms with E-state index >= 15 is 0 Å². The fourth-order valence-electron chi connectivity index (χ4n) is 3.87. The second-order valence-electron chi connectivity index (χ2n) is 7.35. The van der Waals surface area contributed by atoms with Gasteiger partial charge in [0.25, 0.3) is 0 Å². The van der Waals surface area contributed by atoms with Crippen LogP contribution in [0.1, 0.15) is 17.5 Å². The molecular formula is C22H29ClN2O4. The van der Waals surface area contributed by atoms with Crippen molar-refractivity contribution in [2.45, 2.75) is 25.6 Å². The normalized spacial score (nSPS) is 18.0. The molecule has 0 aromatic heterocycles. The van der Waals surface area contributed by atoms with E-state index in [1.807, 2.05) is 18.2 Å². The lowest BCUT2D eigenvalue weighted by Gasteiger charge is -2.41. The van der Waals surface area contributed by atoms with E-state index in [0.717, 1.165) is 43.9 Å². The highest BCUT2D eigenvalue weighted by Crippen LogP contribution is 2.35. The Hall–Kier alpha value is -1.99. The van der Waals surface area contributed by atoms with Crippen LogP contribution in [0.3, 0.4) is 0 Å². The first kappa shape index (κ1) is 21.7. The Balaban J connectivity index is 1.67. The molecule has 0 spiro atoms. The van der Waals surface area contributed by atoms with Crippen molar-refractivity contribution in [1.29, 1.82) is 0 Å². The Bertz CT molecular complexity index is 817. The van der Waals surface area contributed by atoms with Gasteiger partial charge in [0.2, 0.25) is 0 Å². The molecule has 29 heavy (non-hydrogen) atoms. The molecular weight excluding hydrogens is 392 g/mol. The molecule has 0 bridgehead atoms. The zero-order valence-electron chi connectivity index (χ0n) is 17.0. The molecule has 2 aromatic rings. The number of phenolic OH excluding ortho intramolecular Hbond substituents is 1. The number of aliphatic hydroxyl groups excluding tert-OH is 1. The second kappa shape index (κ2) is 10.2. The minimum absolute atomic E-state index is 0.0285. The number of benzene rings is 2. The monoisotopic (exact) mass is 420 g/mol. The van der Waals surface area contributed by atoms with Gasteiger partial charge in [-0.05, 0) is 41.8 Å². The summed E-state index contributed by atoms with van der Waals surface area (Å²) in [5.41, 5.74) is 2.20. The lowest BCUT2D eigenvalue weighted by atomic mass is 10.1. The van der Waals surface area contributed by atoms with E-state index in [9.17, 15) is 10.2 Å². The van der Waals surface area contributed by atoms with Gasteiger partial charge in [0.15, 0.2) is 11.5 Å². The predicted molar refractivity (Wildman–Crippen MR) is 114 cm³/mol. The van der Waals surface area contributed by atoms with Crippen molar-refractivity contribution in [3.8, 4) is 17.2 Å². The minimum atomic E-state index is -0.0285. The molecule has 2 aromatic carbocycles. The number of phenols is 1. The van der Waals surface area contributed by atoms with Crippen LogP contribution in [-0.4, -0.2) is 66.5 Å². The number of aliphatic hydroxyl groups is 1. The summed E-state index contributed by atoms with van der Waals surface area (Å²) in [4.78, 5) is 4.77. The molecule has 158 valence electrons. The van der Waals surface area contributed by atoms with Crippen LogP contribution in [0.5, 0.6) is 17.2 Å². The lowest BCUT2D eigenvalue weighted by molar-refractivity contribution is 0.0499. The maximum atomic E-state index is 9.94. The first-order valence-corrected chi connectivity index (χ1v) is 10.2. The molecule has 6 nitrogen and oxygen atoms in total. The summed E-state index contributed by atoms with van der Waals surface area (Å²) in [6.07, 6.45) is 0.722. The Morgan fingerprint density at radius 1 is 1.07 bits per heavy atom. The Labute approximate surface area is 177 Å². The molecule has 7 heteroatoms. The zero-order valence-corrected chi connectivity index (χ0v) is 17.7. The highest BCUT2D eigenvalue weighted by molar-refractivity contribution is 6.32. The first-order valence-electron chi connectivity index (χ1n) is 9.79. The average Bonchev–Trinajstić information content (AvgIpc) is 2.72. The van der Waals surface area contributed by atoms with Gasteiger partial charge in [-0.3, -0.25) is 9.80 Å². The van der Waals surface area contributed by atoms with Crippen LogP contribution < -0.4 is 9.47 Å². The molecule has 0 unspecified atom stereocenters. The molecule has 1 atom stereocenters. The second-order valence-corrected chi connectivity index (χ2v) is 7.76. The fourth-order valence-corrected chi connectivity index (χ4v) is 4.10. The molecule has 2 N–H and O–H groups in total. The van der Waals surface area contributed by atoms with Crippen molar-refractivity contribution < 1.29 is 19.7 Å². The maximum Gasteiger partial charge on any atom is 0.176 e. The minimum Gasteiger partial charge on any atom is -0.503 e. The molecule has 1 heterocycles. The molecule has 0 aliphatic carbocycles. The highest BCUT2D eigenvalue weighted by atomic mass is 35.5. The third kappa shape index (κ3) is 5.54. The third-order valence-electron chi connectivity index (χ3n) is 5.39.